The molecule has 1 radical (unpaired) electrons. The fourth-order valence-electron chi connectivity index (χ4n) is 0.740. The summed E-state index contributed by atoms with van der Waals surface area (Å²) in [6, 6.07) is 0. The van der Waals surface area contributed by atoms with Gasteiger partial charge in [-0.2, -0.15) is 0 Å². The summed E-state index contributed by atoms with van der Waals surface area (Å²) < 4.78 is 5.42. The van der Waals surface area contributed by atoms with Crippen molar-refractivity contribution >= 4 is 0 Å². The van der Waals surface area contributed by atoms with E-state index in [0.29, 0.717) is 6.54 Å². The van der Waals surface area contributed by atoms with Gasteiger partial charge in [0.25, 0.3) is 0 Å². The molecule has 0 aromatic heterocycles. The van der Waals surface area contributed by atoms with E-state index in [1.165, 1.54) is 0 Å². The van der Waals surface area contributed by atoms with E-state index in [0.717, 1.165) is 25.9 Å². The van der Waals surface area contributed by atoms with Crippen LogP contribution in [0, 0.1) is 0 Å². The van der Waals surface area contributed by atoms with Gasteiger partial charge in [-0.25, -0.2) is 0 Å². The molecule has 1 unspecified atom stereocenters. The quantitative estimate of drug-likeness (QED) is 0.320. The van der Waals surface area contributed by atoms with Gasteiger partial charge in [0, 0.05) is 13.2 Å². The summed E-state index contributed by atoms with van der Waals surface area (Å²) >= 11 is 0. The van der Waals surface area contributed by atoms with Gasteiger partial charge >= 0.3 is 0 Å². The van der Waals surface area contributed by atoms with Crippen LogP contribution >= 0.6 is 0 Å². The van der Waals surface area contributed by atoms with Crippen molar-refractivity contribution in [1.82, 2.24) is 5.48 Å². The third-order valence-corrected chi connectivity index (χ3v) is 1.46. The van der Waals surface area contributed by atoms with Crippen molar-refractivity contribution in [2.45, 2.75) is 46.3 Å². The van der Waals surface area contributed by atoms with Crippen molar-refractivity contribution in [3.05, 3.63) is 0 Å². The Hall–Kier alpha value is -0.120. The van der Waals surface area contributed by atoms with Crippen molar-refractivity contribution in [3.63, 3.8) is 0 Å². The maximum absolute atomic E-state index is 5.42. The van der Waals surface area contributed by atoms with Crippen LogP contribution in [0.3, 0.4) is 0 Å². The smallest absolute Gasteiger partial charge is 0.178 e. The van der Waals surface area contributed by atoms with E-state index < -0.39 is 0 Å². The molecule has 0 saturated carbocycles. The number of ether oxygens (including phenoxy) is 1. The molecule has 0 aliphatic rings. The van der Waals surface area contributed by atoms with Crippen molar-refractivity contribution < 1.29 is 9.57 Å². The van der Waals surface area contributed by atoms with Crippen molar-refractivity contribution in [2.75, 3.05) is 13.2 Å². The van der Waals surface area contributed by atoms with Crippen LogP contribution in [0.4, 0.5) is 0 Å². The molecule has 0 saturated heterocycles. The van der Waals surface area contributed by atoms with E-state index in [1.807, 2.05) is 13.8 Å². The maximum atomic E-state index is 5.42. The molecule has 0 heterocycles. The van der Waals surface area contributed by atoms with Crippen LogP contribution in [0.25, 0.3) is 0 Å². The molecule has 0 amide bonds. The second-order valence-electron chi connectivity index (χ2n) is 2.61. The average molecular weight is 174 g/mol. The number of nitrogens with zero attached hydrogens (tertiary/aromatic N) is 1. The van der Waals surface area contributed by atoms with E-state index in [9.17, 15) is 0 Å². The molecule has 0 N–H and O–H groups in total. The van der Waals surface area contributed by atoms with Gasteiger partial charge in [-0.15, -0.1) is 0 Å². The van der Waals surface area contributed by atoms with Crippen LogP contribution in [0.5, 0.6) is 0 Å². The third kappa shape index (κ3) is 6.58. The molecule has 0 spiro atoms. The number of rotatable bonds is 8. The highest BCUT2D eigenvalue weighted by Gasteiger charge is 2.05. The van der Waals surface area contributed by atoms with Gasteiger partial charge in [0.1, 0.15) is 0 Å². The van der Waals surface area contributed by atoms with Gasteiger partial charge in [0.15, 0.2) is 6.29 Å². The third-order valence-electron chi connectivity index (χ3n) is 1.46. The molecule has 0 aliphatic heterocycles. The molecule has 73 valence electrons. The minimum atomic E-state index is -0.142. The lowest BCUT2D eigenvalue weighted by molar-refractivity contribution is -0.183. The van der Waals surface area contributed by atoms with Crippen molar-refractivity contribution in [1.29, 1.82) is 0 Å². The van der Waals surface area contributed by atoms with Gasteiger partial charge in [0.05, 0.1) is 0 Å². The Kier molecular flexibility index (Phi) is 8.88. The Morgan fingerprint density at radius 1 is 1.25 bits per heavy atom. The van der Waals surface area contributed by atoms with Crippen LogP contribution in [0.2, 0.25) is 0 Å². The second-order valence-corrected chi connectivity index (χ2v) is 2.61. The van der Waals surface area contributed by atoms with E-state index in [1.54, 1.807) is 0 Å². The van der Waals surface area contributed by atoms with Crippen LogP contribution in [0.15, 0.2) is 0 Å². The van der Waals surface area contributed by atoms with E-state index in [2.05, 4.69) is 12.4 Å². The number of unbranched alkanes of at least 4 members (excludes halogenated alkanes) is 1. The lowest BCUT2D eigenvalue weighted by Gasteiger charge is -2.14. The lowest BCUT2D eigenvalue weighted by Crippen LogP contribution is -2.21. The first-order valence-corrected chi connectivity index (χ1v) is 4.79. The zero-order chi connectivity index (χ0) is 9.23. The first-order valence-electron chi connectivity index (χ1n) is 4.79. The summed E-state index contributed by atoms with van der Waals surface area (Å²) in [5.74, 6) is 0. The fourth-order valence-corrected chi connectivity index (χ4v) is 0.740. The molecule has 0 rings (SSSR count). The average Bonchev–Trinajstić information content (AvgIpc) is 2.11. The molecule has 3 heteroatoms. The summed E-state index contributed by atoms with van der Waals surface area (Å²) in [6.07, 6.45) is 2.96. The standard InChI is InChI=1S/C9H20NO2/c1-4-7-8-11-9(5-2)12-10-6-3/h9H,4-8H2,1-3H3. The van der Waals surface area contributed by atoms with Crippen LogP contribution in [0.1, 0.15) is 40.0 Å². The number of hydroxylamine groups is 1. The summed E-state index contributed by atoms with van der Waals surface area (Å²) in [5.41, 5.74) is 3.80. The molecule has 0 aliphatic carbocycles. The Morgan fingerprint density at radius 3 is 2.50 bits per heavy atom. The van der Waals surface area contributed by atoms with Gasteiger partial charge in [-0.05, 0) is 19.8 Å². The van der Waals surface area contributed by atoms with Crippen LogP contribution in [-0.4, -0.2) is 19.4 Å². The molecule has 0 aromatic carbocycles. The molecule has 12 heavy (non-hydrogen) atoms. The van der Waals surface area contributed by atoms with Gasteiger partial charge in [-0.3, -0.25) is 4.84 Å². The monoisotopic (exact) mass is 174 g/mol. The van der Waals surface area contributed by atoms with E-state index in [4.69, 9.17) is 9.57 Å². The number of hydrogen-bond acceptors (Lipinski definition) is 2. The van der Waals surface area contributed by atoms with Gasteiger partial charge in [-0.1, -0.05) is 25.7 Å². The second kappa shape index (κ2) is 8.97. The van der Waals surface area contributed by atoms with E-state index >= 15 is 0 Å². The SMILES string of the molecule is CCCCOC(CC)O[N]CC. The highest BCUT2D eigenvalue weighted by atomic mass is 16.8. The zero-order valence-electron chi connectivity index (χ0n) is 8.38. The Balaban J connectivity index is 3.26. The summed E-state index contributed by atoms with van der Waals surface area (Å²) in [6.45, 7) is 7.57. The van der Waals surface area contributed by atoms with Gasteiger partial charge in [0.2, 0.25) is 0 Å². The zero-order valence-corrected chi connectivity index (χ0v) is 8.38. The maximum Gasteiger partial charge on any atom is 0.178 e. The largest absolute Gasteiger partial charge is 0.351 e. The predicted octanol–water partition coefficient (Wildman–Crippen LogP) is 2.10. The van der Waals surface area contributed by atoms with Crippen molar-refractivity contribution in [3.8, 4) is 0 Å². The van der Waals surface area contributed by atoms with E-state index in [-0.39, 0.29) is 6.29 Å². The fraction of sp³-hybridized carbons (Fsp3) is 1.00. The first-order chi connectivity index (χ1) is 5.85. The molecule has 0 bridgehead atoms. The Labute approximate surface area is 75.4 Å². The Morgan fingerprint density at radius 2 is 2.00 bits per heavy atom. The topological polar surface area (TPSA) is 32.6 Å². The summed E-state index contributed by atoms with van der Waals surface area (Å²) in [4.78, 5) is 5.09. The molecular weight excluding hydrogens is 154 g/mol. The first kappa shape index (κ1) is 11.9. The molecule has 1 atom stereocenters. The molecular formula is C9H20NO2. The van der Waals surface area contributed by atoms with Crippen molar-refractivity contribution in [2.24, 2.45) is 0 Å². The molecule has 0 aromatic rings. The van der Waals surface area contributed by atoms with Crippen LogP contribution < -0.4 is 5.48 Å². The van der Waals surface area contributed by atoms with Gasteiger partial charge < -0.3 is 4.74 Å². The minimum absolute atomic E-state index is 0.142. The molecule has 0 fully saturated rings. The summed E-state index contributed by atoms with van der Waals surface area (Å²) in [5, 5.41) is 0. The highest BCUT2D eigenvalue weighted by molar-refractivity contribution is 4.39. The highest BCUT2D eigenvalue weighted by Crippen LogP contribution is 2.00. The Bertz CT molecular complexity index is 88.6. The van der Waals surface area contributed by atoms with Crippen LogP contribution in [-0.2, 0) is 9.57 Å². The number of hydrogen-bond donors (Lipinski definition) is 0. The normalized spacial score (nSPS) is 13.2. The minimum Gasteiger partial charge on any atom is -0.351 e. The lowest BCUT2D eigenvalue weighted by atomic mass is 10.4. The molecule has 3 nitrogen and oxygen atoms in total. The summed E-state index contributed by atoms with van der Waals surface area (Å²) in [7, 11) is 0. The predicted molar refractivity (Wildman–Crippen MR) is 48.7 cm³/mol.